The Hall–Kier alpha value is -1.54. The molecule has 0 aliphatic heterocycles. The van der Waals surface area contributed by atoms with Crippen LogP contribution in [0, 0.1) is 11.3 Å². The highest BCUT2D eigenvalue weighted by atomic mass is 32.2. The Morgan fingerprint density at radius 1 is 1.33 bits per heavy atom. The molecule has 1 aromatic carbocycles. The summed E-state index contributed by atoms with van der Waals surface area (Å²) in [4.78, 5) is 0.0824. The first-order valence-electron chi connectivity index (χ1n) is 5.50. The molecule has 5 heteroatoms. The van der Waals surface area contributed by atoms with E-state index >= 15 is 0 Å². The van der Waals surface area contributed by atoms with Gasteiger partial charge in [0, 0.05) is 0 Å². The number of nitriles is 1. The number of hydrogen-bond donors (Lipinski definition) is 0. The summed E-state index contributed by atoms with van der Waals surface area (Å²) < 4.78 is 29.0. The first kappa shape index (κ1) is 14.5. The van der Waals surface area contributed by atoms with Gasteiger partial charge in [0.25, 0.3) is 0 Å². The second-order valence-corrected chi connectivity index (χ2v) is 6.99. The van der Waals surface area contributed by atoms with Gasteiger partial charge in [0.15, 0.2) is 9.84 Å². The van der Waals surface area contributed by atoms with Crippen LogP contribution in [0.3, 0.4) is 0 Å². The van der Waals surface area contributed by atoms with Crippen LogP contribution in [0.4, 0.5) is 0 Å². The summed E-state index contributed by atoms with van der Waals surface area (Å²) in [6.07, 6.45) is 0. The van der Waals surface area contributed by atoms with Gasteiger partial charge in [-0.05, 0) is 23.1 Å². The molecule has 0 heterocycles. The van der Waals surface area contributed by atoms with Crippen molar-refractivity contribution in [3.63, 3.8) is 0 Å². The van der Waals surface area contributed by atoms with Crippen molar-refractivity contribution in [3.05, 3.63) is 23.8 Å². The molecule has 0 saturated carbocycles. The molecule has 0 radical (unpaired) electrons. The van der Waals surface area contributed by atoms with E-state index in [1.165, 1.54) is 7.11 Å². The van der Waals surface area contributed by atoms with Crippen molar-refractivity contribution >= 4 is 9.84 Å². The Labute approximate surface area is 108 Å². The fourth-order valence-corrected chi connectivity index (χ4v) is 2.64. The van der Waals surface area contributed by atoms with Crippen molar-refractivity contribution < 1.29 is 13.2 Å². The van der Waals surface area contributed by atoms with Gasteiger partial charge < -0.3 is 4.74 Å². The Balaban J connectivity index is 3.46. The van der Waals surface area contributed by atoms with E-state index in [0.29, 0.717) is 0 Å². The van der Waals surface area contributed by atoms with Crippen LogP contribution < -0.4 is 4.74 Å². The van der Waals surface area contributed by atoms with Gasteiger partial charge in [-0.1, -0.05) is 26.8 Å². The molecule has 1 rings (SSSR count). The highest BCUT2D eigenvalue weighted by Gasteiger charge is 2.23. The molecule has 0 saturated heterocycles. The number of benzene rings is 1. The predicted molar refractivity (Wildman–Crippen MR) is 69.4 cm³/mol. The Morgan fingerprint density at radius 3 is 2.39 bits per heavy atom. The average molecular weight is 267 g/mol. The van der Waals surface area contributed by atoms with Crippen molar-refractivity contribution in [1.82, 2.24) is 0 Å². The van der Waals surface area contributed by atoms with Crippen molar-refractivity contribution in [2.45, 2.75) is 31.1 Å². The maximum Gasteiger partial charge on any atom is 0.195 e. The van der Waals surface area contributed by atoms with Crippen LogP contribution in [0.15, 0.2) is 23.1 Å². The lowest BCUT2D eigenvalue weighted by atomic mass is 9.87. The van der Waals surface area contributed by atoms with Crippen LogP contribution >= 0.6 is 0 Å². The summed E-state index contributed by atoms with van der Waals surface area (Å²) in [7, 11) is -2.21. The Bertz CT molecular complexity index is 577. The predicted octanol–water partition coefficient (Wildman–Crippen LogP) is 2.29. The molecule has 0 aliphatic rings. The van der Waals surface area contributed by atoms with Crippen LogP contribution in [0.5, 0.6) is 5.75 Å². The van der Waals surface area contributed by atoms with Gasteiger partial charge in [0.05, 0.1) is 13.2 Å². The molecular weight excluding hydrogens is 250 g/mol. The lowest BCUT2D eigenvalue weighted by Crippen LogP contribution is -2.14. The molecule has 0 unspecified atom stereocenters. The second kappa shape index (κ2) is 4.99. The maximum atomic E-state index is 12.0. The van der Waals surface area contributed by atoms with Crippen LogP contribution in [-0.2, 0) is 15.3 Å². The molecule has 0 N–H and O–H groups in total. The van der Waals surface area contributed by atoms with Crippen LogP contribution in [-0.4, -0.2) is 21.3 Å². The van der Waals surface area contributed by atoms with E-state index in [-0.39, 0.29) is 16.1 Å². The minimum atomic E-state index is -3.62. The van der Waals surface area contributed by atoms with E-state index in [4.69, 9.17) is 10.00 Å². The maximum absolute atomic E-state index is 12.0. The molecule has 0 spiro atoms. The number of methoxy groups -OCH3 is 1. The fraction of sp³-hybridized carbons (Fsp3) is 0.462. The number of hydrogen-bond acceptors (Lipinski definition) is 4. The van der Waals surface area contributed by atoms with E-state index in [2.05, 4.69) is 0 Å². The van der Waals surface area contributed by atoms with Crippen molar-refractivity contribution in [1.29, 1.82) is 5.26 Å². The van der Waals surface area contributed by atoms with E-state index in [1.54, 1.807) is 18.2 Å². The quantitative estimate of drug-likeness (QED) is 0.842. The van der Waals surface area contributed by atoms with Gasteiger partial charge >= 0.3 is 0 Å². The Kier molecular flexibility index (Phi) is 4.02. The van der Waals surface area contributed by atoms with Crippen molar-refractivity contribution in [2.24, 2.45) is 0 Å². The molecule has 1 aromatic rings. The van der Waals surface area contributed by atoms with Crippen molar-refractivity contribution in [2.75, 3.05) is 12.9 Å². The Morgan fingerprint density at radius 2 is 1.94 bits per heavy atom. The zero-order valence-electron chi connectivity index (χ0n) is 11.0. The molecule has 0 amide bonds. The van der Waals surface area contributed by atoms with Gasteiger partial charge in [0.2, 0.25) is 0 Å². The molecule has 0 aromatic heterocycles. The summed E-state index contributed by atoms with van der Waals surface area (Å²) >= 11 is 0. The van der Waals surface area contributed by atoms with E-state index in [0.717, 1.165) is 5.56 Å². The smallest absolute Gasteiger partial charge is 0.195 e. The lowest BCUT2D eigenvalue weighted by molar-refractivity contribution is 0.402. The monoisotopic (exact) mass is 267 g/mol. The van der Waals surface area contributed by atoms with Gasteiger partial charge in [0.1, 0.15) is 16.4 Å². The standard InChI is InChI=1S/C13H17NO3S/c1-13(2,3)10-5-6-11(17-4)12(9-10)18(15,16)8-7-14/h5-6,9H,8H2,1-4H3. The van der Waals surface area contributed by atoms with Gasteiger partial charge in [-0.15, -0.1) is 0 Å². The minimum Gasteiger partial charge on any atom is -0.495 e. The van der Waals surface area contributed by atoms with Gasteiger partial charge in [-0.2, -0.15) is 5.26 Å². The summed E-state index contributed by atoms with van der Waals surface area (Å²) in [5.74, 6) is -0.269. The number of nitrogens with zero attached hydrogens (tertiary/aromatic N) is 1. The lowest BCUT2D eigenvalue weighted by Gasteiger charge is -2.20. The number of rotatable bonds is 3. The van der Waals surface area contributed by atoms with Crippen LogP contribution in [0.1, 0.15) is 26.3 Å². The minimum absolute atomic E-state index is 0.0824. The topological polar surface area (TPSA) is 67.2 Å². The molecule has 98 valence electrons. The second-order valence-electron chi connectivity index (χ2n) is 5.03. The summed E-state index contributed by atoms with van der Waals surface area (Å²) in [6.45, 7) is 5.99. The third-order valence-corrected chi connectivity index (χ3v) is 4.12. The van der Waals surface area contributed by atoms with E-state index in [1.807, 2.05) is 26.8 Å². The molecule has 4 nitrogen and oxygen atoms in total. The highest BCUT2D eigenvalue weighted by molar-refractivity contribution is 7.91. The van der Waals surface area contributed by atoms with Gasteiger partial charge in [-0.25, -0.2) is 8.42 Å². The summed E-state index contributed by atoms with van der Waals surface area (Å²) in [5.41, 5.74) is 0.725. The number of ether oxygens (including phenoxy) is 1. The molecule has 0 fully saturated rings. The SMILES string of the molecule is COc1ccc(C(C)(C)C)cc1S(=O)(=O)CC#N. The van der Waals surface area contributed by atoms with Crippen LogP contribution in [0.2, 0.25) is 0 Å². The highest BCUT2D eigenvalue weighted by Crippen LogP contribution is 2.31. The summed E-state index contributed by atoms with van der Waals surface area (Å²) in [5, 5.41) is 8.59. The first-order valence-corrected chi connectivity index (χ1v) is 7.16. The van der Waals surface area contributed by atoms with Crippen molar-refractivity contribution in [3.8, 4) is 11.8 Å². The molecular formula is C13H17NO3S. The summed E-state index contributed by atoms with van der Waals surface area (Å²) in [6, 6.07) is 6.73. The zero-order chi connectivity index (χ0) is 14.0. The molecule has 0 atom stereocenters. The number of sulfone groups is 1. The first-order chi connectivity index (χ1) is 8.22. The molecule has 0 bridgehead atoms. The third-order valence-electron chi connectivity index (χ3n) is 2.62. The third kappa shape index (κ3) is 3.02. The zero-order valence-corrected chi connectivity index (χ0v) is 11.8. The van der Waals surface area contributed by atoms with E-state index < -0.39 is 15.6 Å². The van der Waals surface area contributed by atoms with E-state index in [9.17, 15) is 8.42 Å². The molecule has 18 heavy (non-hydrogen) atoms. The average Bonchev–Trinajstić information content (AvgIpc) is 2.27. The largest absolute Gasteiger partial charge is 0.495 e. The normalized spacial score (nSPS) is 11.9. The van der Waals surface area contributed by atoms with Crippen LogP contribution in [0.25, 0.3) is 0 Å². The molecule has 0 aliphatic carbocycles. The van der Waals surface area contributed by atoms with Gasteiger partial charge in [-0.3, -0.25) is 0 Å². The fourth-order valence-electron chi connectivity index (χ4n) is 1.55.